The van der Waals surface area contributed by atoms with Crippen molar-refractivity contribution in [3.05, 3.63) is 47.9 Å². The fourth-order valence-electron chi connectivity index (χ4n) is 2.85. The number of rotatable bonds is 4. The maximum atomic E-state index is 11.4. The van der Waals surface area contributed by atoms with Crippen LogP contribution in [0.25, 0.3) is 22.4 Å². The van der Waals surface area contributed by atoms with Gasteiger partial charge in [0.05, 0.1) is 6.20 Å². The largest absolute Gasteiger partial charge is 0.478 e. The van der Waals surface area contributed by atoms with Crippen LogP contribution >= 0.6 is 0 Å². The highest BCUT2D eigenvalue weighted by atomic mass is 16.4. The average Bonchev–Trinajstić information content (AvgIpc) is 3.11. The first-order chi connectivity index (χ1) is 11.0. The fourth-order valence-corrected chi connectivity index (χ4v) is 2.85. The minimum absolute atomic E-state index is 0.339. The third kappa shape index (κ3) is 2.42. The monoisotopic (exact) mass is 310 g/mol. The Morgan fingerprint density at radius 1 is 1.35 bits per heavy atom. The van der Waals surface area contributed by atoms with Gasteiger partial charge in [-0.1, -0.05) is 6.92 Å². The van der Waals surface area contributed by atoms with Gasteiger partial charge in [0.2, 0.25) is 0 Å². The Hall–Kier alpha value is -2.89. The summed E-state index contributed by atoms with van der Waals surface area (Å²) < 4.78 is 3.69. The van der Waals surface area contributed by atoms with Crippen molar-refractivity contribution in [2.45, 2.75) is 20.3 Å². The van der Waals surface area contributed by atoms with Crippen LogP contribution in [0.15, 0.2) is 42.4 Å². The SMILES string of the molecule is CCC(=C(C)C(=O)O)c1cnn(C)c1-n1ccc2cccnc21. The molecule has 23 heavy (non-hydrogen) atoms. The quantitative estimate of drug-likeness (QED) is 0.752. The summed E-state index contributed by atoms with van der Waals surface area (Å²) in [6, 6.07) is 5.87. The molecule has 0 aliphatic rings. The molecule has 0 bridgehead atoms. The zero-order chi connectivity index (χ0) is 16.6. The second-order valence-corrected chi connectivity index (χ2v) is 5.37. The summed E-state index contributed by atoms with van der Waals surface area (Å²) in [5.41, 5.74) is 2.75. The topological polar surface area (TPSA) is 72.9 Å². The molecule has 0 atom stereocenters. The molecule has 1 N–H and O–H groups in total. The molecule has 0 fully saturated rings. The van der Waals surface area contributed by atoms with Crippen LogP contribution in [0.5, 0.6) is 0 Å². The van der Waals surface area contributed by atoms with E-state index in [1.54, 1.807) is 24.0 Å². The Morgan fingerprint density at radius 3 is 2.83 bits per heavy atom. The fraction of sp³-hybridized carbons (Fsp3) is 0.235. The zero-order valence-electron chi connectivity index (χ0n) is 13.3. The standard InChI is InChI=1S/C17H18N4O2/c1-4-13(11(2)17(22)23)14-10-19-20(3)16(14)21-9-7-12-6-5-8-18-15(12)21/h5-10H,4H2,1-3H3,(H,22,23). The van der Waals surface area contributed by atoms with E-state index < -0.39 is 5.97 Å². The van der Waals surface area contributed by atoms with E-state index in [4.69, 9.17) is 0 Å². The number of aromatic nitrogens is 4. The van der Waals surface area contributed by atoms with Gasteiger partial charge < -0.3 is 5.11 Å². The summed E-state index contributed by atoms with van der Waals surface area (Å²) in [6.45, 7) is 3.58. The lowest BCUT2D eigenvalue weighted by molar-refractivity contribution is -0.132. The number of hydrogen-bond acceptors (Lipinski definition) is 3. The highest BCUT2D eigenvalue weighted by Crippen LogP contribution is 2.29. The molecular weight excluding hydrogens is 292 g/mol. The number of carboxylic acid groups (broad SMARTS) is 1. The summed E-state index contributed by atoms with van der Waals surface area (Å²) in [7, 11) is 1.84. The molecule has 0 aliphatic heterocycles. The van der Waals surface area contributed by atoms with Crippen LogP contribution < -0.4 is 0 Å². The van der Waals surface area contributed by atoms with Crippen LogP contribution in [0.2, 0.25) is 0 Å². The Bertz CT molecular complexity index is 918. The molecule has 0 saturated carbocycles. The van der Waals surface area contributed by atoms with Gasteiger partial charge in [-0.25, -0.2) is 9.78 Å². The minimum atomic E-state index is -0.910. The number of nitrogens with zero attached hydrogens (tertiary/aromatic N) is 4. The van der Waals surface area contributed by atoms with Gasteiger partial charge in [-0.3, -0.25) is 9.25 Å². The van der Waals surface area contributed by atoms with Crippen LogP contribution in [0.1, 0.15) is 25.8 Å². The first-order valence-electron chi connectivity index (χ1n) is 7.42. The van der Waals surface area contributed by atoms with Crippen LogP contribution in [-0.2, 0) is 11.8 Å². The summed E-state index contributed by atoms with van der Waals surface area (Å²) in [5, 5.41) is 14.7. The average molecular weight is 310 g/mol. The number of fused-ring (bicyclic) bond motifs is 1. The van der Waals surface area contributed by atoms with Crippen molar-refractivity contribution in [2.24, 2.45) is 7.05 Å². The van der Waals surface area contributed by atoms with Gasteiger partial charge in [0.15, 0.2) is 0 Å². The van der Waals surface area contributed by atoms with Gasteiger partial charge in [-0.15, -0.1) is 0 Å². The lowest BCUT2D eigenvalue weighted by Crippen LogP contribution is -2.07. The molecule has 6 heteroatoms. The molecular formula is C17H18N4O2. The maximum Gasteiger partial charge on any atom is 0.331 e. The molecule has 0 spiro atoms. The Morgan fingerprint density at radius 2 is 2.13 bits per heavy atom. The van der Waals surface area contributed by atoms with Gasteiger partial charge in [0, 0.05) is 36.0 Å². The van der Waals surface area contributed by atoms with Crippen molar-refractivity contribution in [2.75, 3.05) is 0 Å². The summed E-state index contributed by atoms with van der Waals surface area (Å²) in [6.07, 6.45) is 6.01. The molecule has 0 aliphatic carbocycles. The van der Waals surface area contributed by atoms with Gasteiger partial charge in [0.1, 0.15) is 11.5 Å². The molecule has 118 valence electrons. The molecule has 6 nitrogen and oxygen atoms in total. The Balaban J connectivity index is 2.28. The van der Waals surface area contributed by atoms with Crippen molar-refractivity contribution >= 4 is 22.6 Å². The summed E-state index contributed by atoms with van der Waals surface area (Å²) in [5.74, 6) is -0.0942. The predicted molar refractivity (Wildman–Crippen MR) is 88.4 cm³/mol. The number of hydrogen-bond donors (Lipinski definition) is 1. The zero-order valence-corrected chi connectivity index (χ0v) is 13.3. The second-order valence-electron chi connectivity index (χ2n) is 5.37. The molecule has 0 saturated heterocycles. The normalized spacial score (nSPS) is 12.5. The number of pyridine rings is 1. The number of allylic oxidation sites excluding steroid dienone is 1. The maximum absolute atomic E-state index is 11.4. The number of carboxylic acids is 1. The van der Waals surface area contributed by atoms with Gasteiger partial charge in [-0.2, -0.15) is 5.10 Å². The van der Waals surface area contributed by atoms with Gasteiger partial charge in [-0.05, 0) is 37.1 Å². The van der Waals surface area contributed by atoms with Gasteiger partial charge >= 0.3 is 5.97 Å². The number of aliphatic carboxylic acids is 1. The van der Waals surface area contributed by atoms with Crippen LogP contribution in [0.3, 0.4) is 0 Å². The highest BCUT2D eigenvalue weighted by molar-refractivity contribution is 5.96. The van der Waals surface area contributed by atoms with E-state index in [0.29, 0.717) is 12.0 Å². The molecule has 0 aromatic carbocycles. The predicted octanol–water partition coefficient (Wildman–Crippen LogP) is 3.03. The van der Waals surface area contributed by atoms with E-state index in [-0.39, 0.29) is 0 Å². The minimum Gasteiger partial charge on any atom is -0.478 e. The smallest absolute Gasteiger partial charge is 0.331 e. The number of aryl methyl sites for hydroxylation is 1. The Kier molecular flexibility index (Phi) is 3.73. The second kappa shape index (κ2) is 5.72. The van der Waals surface area contributed by atoms with E-state index in [0.717, 1.165) is 28.0 Å². The molecule has 0 radical (unpaired) electrons. The van der Waals surface area contributed by atoms with Crippen molar-refractivity contribution < 1.29 is 9.90 Å². The van der Waals surface area contributed by atoms with E-state index >= 15 is 0 Å². The van der Waals surface area contributed by atoms with Crippen molar-refractivity contribution in [3.8, 4) is 5.82 Å². The van der Waals surface area contributed by atoms with E-state index in [9.17, 15) is 9.90 Å². The molecule has 3 aromatic heterocycles. The van der Waals surface area contributed by atoms with E-state index in [2.05, 4.69) is 10.1 Å². The third-order valence-corrected chi connectivity index (χ3v) is 4.04. The van der Waals surface area contributed by atoms with Crippen LogP contribution in [0, 0.1) is 0 Å². The molecule has 3 heterocycles. The summed E-state index contributed by atoms with van der Waals surface area (Å²) in [4.78, 5) is 15.8. The molecule has 0 unspecified atom stereocenters. The lowest BCUT2D eigenvalue weighted by atomic mass is 10.0. The summed E-state index contributed by atoms with van der Waals surface area (Å²) >= 11 is 0. The first-order valence-corrected chi connectivity index (χ1v) is 7.42. The first kappa shape index (κ1) is 15.0. The van der Waals surface area contributed by atoms with E-state index in [1.165, 1.54) is 0 Å². The molecule has 3 rings (SSSR count). The van der Waals surface area contributed by atoms with Crippen molar-refractivity contribution in [3.63, 3.8) is 0 Å². The van der Waals surface area contributed by atoms with E-state index in [1.807, 2.05) is 42.9 Å². The van der Waals surface area contributed by atoms with Crippen LogP contribution in [-0.4, -0.2) is 30.4 Å². The molecule has 0 amide bonds. The lowest BCUT2D eigenvalue weighted by Gasteiger charge is -2.12. The van der Waals surface area contributed by atoms with Crippen LogP contribution in [0.4, 0.5) is 0 Å². The Labute approximate surface area is 133 Å². The van der Waals surface area contributed by atoms with Gasteiger partial charge in [0.25, 0.3) is 0 Å². The molecule has 3 aromatic rings. The number of carbonyl (C=O) groups is 1. The third-order valence-electron chi connectivity index (χ3n) is 4.04. The highest BCUT2D eigenvalue weighted by Gasteiger charge is 2.19. The van der Waals surface area contributed by atoms with Crippen molar-refractivity contribution in [1.29, 1.82) is 0 Å². The van der Waals surface area contributed by atoms with Crippen molar-refractivity contribution in [1.82, 2.24) is 19.3 Å².